The quantitative estimate of drug-likeness (QED) is 0.766. The Morgan fingerprint density at radius 3 is 2.69 bits per heavy atom. The van der Waals surface area contributed by atoms with Gasteiger partial charge in [-0.25, -0.2) is 9.37 Å². The van der Waals surface area contributed by atoms with E-state index in [1.54, 1.807) is 37.4 Å². The van der Waals surface area contributed by atoms with Crippen molar-refractivity contribution in [2.75, 3.05) is 20.7 Å². The smallest absolute Gasteiger partial charge is 0.296 e. The maximum absolute atomic E-state index is 14.7. The van der Waals surface area contributed by atoms with E-state index >= 15 is 0 Å². The number of alkyl halides is 2. The molecule has 1 fully saturated rings. The molecule has 1 aromatic heterocycles. The molecule has 5 nitrogen and oxygen atoms in total. The zero-order chi connectivity index (χ0) is 21.0. The molecule has 0 aliphatic carbocycles. The van der Waals surface area contributed by atoms with Gasteiger partial charge in [0.25, 0.3) is 5.92 Å². The first-order valence-electron chi connectivity index (χ1n) is 9.46. The van der Waals surface area contributed by atoms with Crippen molar-refractivity contribution >= 4 is 5.91 Å². The van der Waals surface area contributed by atoms with Gasteiger partial charge in [0.05, 0.1) is 19.7 Å². The molecule has 0 radical (unpaired) electrons. The van der Waals surface area contributed by atoms with E-state index in [2.05, 4.69) is 10.3 Å². The van der Waals surface area contributed by atoms with Crippen LogP contribution in [0.1, 0.15) is 29.7 Å². The number of rotatable bonds is 7. The molecule has 8 heteroatoms. The number of methoxy groups -OCH3 is 1. The minimum Gasteiger partial charge on any atom is -0.481 e. The molecule has 29 heavy (non-hydrogen) atoms. The summed E-state index contributed by atoms with van der Waals surface area (Å²) in [5.74, 6) is -4.88. The van der Waals surface area contributed by atoms with E-state index in [4.69, 9.17) is 4.74 Å². The summed E-state index contributed by atoms with van der Waals surface area (Å²) >= 11 is 0. The van der Waals surface area contributed by atoms with Gasteiger partial charge < -0.3 is 15.0 Å². The first-order chi connectivity index (χ1) is 13.8. The number of nitrogens with one attached hydrogen (secondary N) is 1. The number of pyridine rings is 1. The van der Waals surface area contributed by atoms with E-state index in [1.807, 2.05) is 0 Å². The molecule has 0 spiro atoms. The van der Waals surface area contributed by atoms with Crippen LogP contribution in [0, 0.1) is 5.82 Å². The van der Waals surface area contributed by atoms with Gasteiger partial charge >= 0.3 is 0 Å². The molecule has 1 atom stereocenters. The Balaban J connectivity index is 1.82. The van der Waals surface area contributed by atoms with Crippen LogP contribution in [0.15, 0.2) is 36.4 Å². The van der Waals surface area contributed by atoms with Crippen LogP contribution in [0.4, 0.5) is 13.2 Å². The number of halogens is 3. The standard InChI is InChI=1S/C21H24F3N3O2/c1-27(20(28)17-9-6-10-25-17)13-15-11-16(22)18(26-19(15)29-2)21(23,24)12-14-7-4-3-5-8-14/h3-5,7-8,11,17,25H,6,9-10,12-13H2,1-2H3. The van der Waals surface area contributed by atoms with E-state index < -0.39 is 23.9 Å². The Hall–Kier alpha value is -2.61. The Kier molecular flexibility index (Phi) is 6.42. The predicted molar refractivity (Wildman–Crippen MR) is 102 cm³/mol. The highest BCUT2D eigenvalue weighted by Crippen LogP contribution is 2.35. The highest BCUT2D eigenvalue weighted by atomic mass is 19.3. The molecule has 1 N–H and O–H groups in total. The van der Waals surface area contributed by atoms with Gasteiger partial charge in [0.15, 0.2) is 5.82 Å². The van der Waals surface area contributed by atoms with Crippen molar-refractivity contribution in [2.45, 2.75) is 37.8 Å². The van der Waals surface area contributed by atoms with Crippen molar-refractivity contribution in [1.82, 2.24) is 15.2 Å². The van der Waals surface area contributed by atoms with Crippen molar-refractivity contribution in [2.24, 2.45) is 0 Å². The number of benzene rings is 1. The molecule has 1 unspecified atom stereocenters. The van der Waals surface area contributed by atoms with Gasteiger partial charge in [-0.1, -0.05) is 30.3 Å². The zero-order valence-corrected chi connectivity index (χ0v) is 16.4. The monoisotopic (exact) mass is 407 g/mol. The van der Waals surface area contributed by atoms with Crippen molar-refractivity contribution < 1.29 is 22.7 Å². The van der Waals surface area contributed by atoms with Gasteiger partial charge in [-0.3, -0.25) is 4.79 Å². The average molecular weight is 407 g/mol. The second-order valence-corrected chi connectivity index (χ2v) is 7.20. The van der Waals surface area contributed by atoms with E-state index in [-0.39, 0.29) is 29.9 Å². The molecule has 1 aliphatic rings. The van der Waals surface area contributed by atoms with Gasteiger partial charge in [0.1, 0.15) is 5.69 Å². The van der Waals surface area contributed by atoms with Crippen LogP contribution in [0.2, 0.25) is 0 Å². The molecule has 3 rings (SSSR count). The Morgan fingerprint density at radius 1 is 1.34 bits per heavy atom. The topological polar surface area (TPSA) is 54.5 Å². The third kappa shape index (κ3) is 4.87. The Bertz CT molecular complexity index is 856. The predicted octanol–water partition coefficient (Wildman–Crippen LogP) is 3.27. The zero-order valence-electron chi connectivity index (χ0n) is 16.4. The number of ether oxygens (including phenoxy) is 1. The second kappa shape index (κ2) is 8.82. The average Bonchev–Trinajstić information content (AvgIpc) is 3.22. The molecule has 156 valence electrons. The number of carbonyl (C=O) groups is 1. The molecule has 1 aliphatic heterocycles. The van der Waals surface area contributed by atoms with Gasteiger partial charge in [0, 0.05) is 19.0 Å². The molecule has 0 bridgehead atoms. The number of aromatic nitrogens is 1. The summed E-state index contributed by atoms with van der Waals surface area (Å²) in [6.45, 7) is 0.781. The number of amides is 1. The lowest BCUT2D eigenvalue weighted by Crippen LogP contribution is -2.41. The molecular formula is C21H24F3N3O2. The lowest BCUT2D eigenvalue weighted by molar-refractivity contribution is -0.132. The number of likely N-dealkylation sites (N-methyl/N-ethyl adjacent to an activating group) is 1. The molecular weight excluding hydrogens is 383 g/mol. The van der Waals surface area contributed by atoms with Crippen LogP contribution in [-0.2, 0) is 23.7 Å². The number of hydrogen-bond donors (Lipinski definition) is 1. The molecule has 0 saturated carbocycles. The van der Waals surface area contributed by atoms with Crippen LogP contribution in [0.3, 0.4) is 0 Å². The minimum absolute atomic E-state index is 0.00857. The number of nitrogens with zero attached hydrogens (tertiary/aromatic N) is 2. The molecule has 1 aromatic carbocycles. The van der Waals surface area contributed by atoms with Gasteiger partial charge in [-0.05, 0) is 31.0 Å². The van der Waals surface area contributed by atoms with Crippen LogP contribution in [0.25, 0.3) is 0 Å². The van der Waals surface area contributed by atoms with E-state index in [9.17, 15) is 18.0 Å². The van der Waals surface area contributed by atoms with Gasteiger partial charge in [-0.2, -0.15) is 8.78 Å². The summed E-state index contributed by atoms with van der Waals surface area (Å²) in [5.41, 5.74) is -0.359. The summed E-state index contributed by atoms with van der Waals surface area (Å²) in [5, 5.41) is 3.10. The van der Waals surface area contributed by atoms with Crippen LogP contribution >= 0.6 is 0 Å². The third-order valence-electron chi connectivity index (χ3n) is 4.97. The fourth-order valence-electron chi connectivity index (χ4n) is 3.49. The molecule has 2 aromatic rings. The van der Waals surface area contributed by atoms with Gasteiger partial charge in [0.2, 0.25) is 11.8 Å². The highest BCUT2D eigenvalue weighted by molar-refractivity contribution is 5.82. The summed E-state index contributed by atoms with van der Waals surface area (Å²) in [6.07, 6.45) is 0.971. The second-order valence-electron chi connectivity index (χ2n) is 7.20. The van der Waals surface area contributed by atoms with Crippen LogP contribution in [-0.4, -0.2) is 42.5 Å². The van der Waals surface area contributed by atoms with E-state index in [0.717, 1.165) is 25.5 Å². The van der Waals surface area contributed by atoms with Crippen molar-refractivity contribution in [3.63, 3.8) is 0 Å². The van der Waals surface area contributed by atoms with E-state index in [1.165, 1.54) is 12.0 Å². The fraction of sp³-hybridized carbons (Fsp3) is 0.429. The number of hydrogen-bond acceptors (Lipinski definition) is 4. The van der Waals surface area contributed by atoms with Crippen LogP contribution < -0.4 is 10.1 Å². The van der Waals surface area contributed by atoms with E-state index in [0.29, 0.717) is 5.56 Å². The Morgan fingerprint density at radius 2 is 2.07 bits per heavy atom. The Labute approximate surface area is 167 Å². The highest BCUT2D eigenvalue weighted by Gasteiger charge is 2.38. The first-order valence-corrected chi connectivity index (χ1v) is 9.46. The number of carbonyl (C=O) groups excluding carboxylic acids is 1. The summed E-state index contributed by atoms with van der Waals surface area (Å²) in [7, 11) is 2.86. The largest absolute Gasteiger partial charge is 0.481 e. The summed E-state index contributed by atoms with van der Waals surface area (Å²) in [6, 6.07) is 8.81. The molecule has 1 amide bonds. The van der Waals surface area contributed by atoms with Crippen molar-refractivity contribution in [1.29, 1.82) is 0 Å². The molecule has 2 heterocycles. The summed E-state index contributed by atoms with van der Waals surface area (Å²) in [4.78, 5) is 17.6. The van der Waals surface area contributed by atoms with Crippen LogP contribution in [0.5, 0.6) is 5.88 Å². The lowest BCUT2D eigenvalue weighted by Gasteiger charge is -2.23. The van der Waals surface area contributed by atoms with Gasteiger partial charge in [-0.15, -0.1) is 0 Å². The maximum atomic E-state index is 14.7. The van der Waals surface area contributed by atoms with Crippen molar-refractivity contribution in [3.05, 3.63) is 59.0 Å². The maximum Gasteiger partial charge on any atom is 0.296 e. The van der Waals surface area contributed by atoms with Crippen molar-refractivity contribution in [3.8, 4) is 5.88 Å². The first kappa shape index (κ1) is 21.1. The summed E-state index contributed by atoms with van der Waals surface area (Å²) < 4.78 is 49.2. The minimum atomic E-state index is -3.51. The fourth-order valence-corrected chi connectivity index (χ4v) is 3.49. The molecule has 1 saturated heterocycles. The third-order valence-corrected chi connectivity index (χ3v) is 4.97. The SMILES string of the molecule is COc1nc(C(F)(F)Cc2ccccc2)c(F)cc1CN(C)C(=O)C1CCCN1. The normalized spacial score (nSPS) is 16.7. The lowest BCUT2D eigenvalue weighted by atomic mass is 10.0.